The zero-order valence-corrected chi connectivity index (χ0v) is 16.7. The molecule has 27 heavy (non-hydrogen) atoms. The van der Waals surface area contributed by atoms with Crippen molar-refractivity contribution in [2.75, 3.05) is 31.6 Å². The molecule has 5 nitrogen and oxygen atoms in total. The van der Waals surface area contributed by atoms with Gasteiger partial charge in [0.05, 0.1) is 17.7 Å². The van der Waals surface area contributed by atoms with E-state index in [-0.39, 0.29) is 11.7 Å². The summed E-state index contributed by atoms with van der Waals surface area (Å²) < 4.78 is 24.6. The summed E-state index contributed by atoms with van der Waals surface area (Å²) in [5.74, 6) is -0.226. The van der Waals surface area contributed by atoms with Gasteiger partial charge in [-0.15, -0.1) is 0 Å². The highest BCUT2D eigenvalue weighted by molar-refractivity contribution is 9.10. The fraction of sp³-hybridized carbons (Fsp3) is 0.350. The molecule has 0 bridgehead atoms. The summed E-state index contributed by atoms with van der Waals surface area (Å²) in [6, 6.07) is 11.9. The third-order valence-electron chi connectivity index (χ3n) is 4.30. The van der Waals surface area contributed by atoms with Gasteiger partial charge in [0, 0.05) is 25.3 Å². The highest BCUT2D eigenvalue weighted by atomic mass is 79.9. The average molecular weight is 437 g/mol. The molecule has 1 atom stereocenters. The molecular weight excluding hydrogens is 415 g/mol. The van der Waals surface area contributed by atoms with Crippen LogP contribution in [0.2, 0.25) is 0 Å². The quantitative estimate of drug-likeness (QED) is 0.747. The number of hydrogen-bond acceptors (Lipinski definition) is 4. The first kappa shape index (κ1) is 19.8. The highest BCUT2D eigenvalue weighted by Gasteiger charge is 2.17. The number of benzene rings is 2. The number of carbonyl (C=O) groups is 1. The molecule has 1 aliphatic heterocycles. The fourth-order valence-electron chi connectivity index (χ4n) is 2.77. The Kier molecular flexibility index (Phi) is 6.82. The van der Waals surface area contributed by atoms with E-state index in [0.717, 1.165) is 32.8 Å². The standard InChI is InChI=1S/C20H22BrFN2O3/c1-14(27-19-7-4-16(22)12-18(19)21)20(25)23-17-5-2-15(3-6-17)13-24-8-10-26-11-9-24/h2-7,12,14H,8-11,13H2,1H3,(H,23,25). The molecule has 1 saturated heterocycles. The Morgan fingerprint density at radius 2 is 1.96 bits per heavy atom. The molecule has 1 aliphatic rings. The van der Waals surface area contributed by atoms with Crippen LogP contribution in [-0.4, -0.2) is 43.2 Å². The summed E-state index contributed by atoms with van der Waals surface area (Å²) in [5.41, 5.74) is 1.90. The van der Waals surface area contributed by atoms with Crippen LogP contribution in [0, 0.1) is 5.82 Å². The number of nitrogens with one attached hydrogen (secondary N) is 1. The lowest BCUT2D eigenvalue weighted by molar-refractivity contribution is -0.122. The molecule has 1 amide bonds. The first-order chi connectivity index (χ1) is 13.0. The van der Waals surface area contributed by atoms with Crippen LogP contribution in [0.3, 0.4) is 0 Å². The molecule has 0 radical (unpaired) electrons. The second-order valence-corrected chi connectivity index (χ2v) is 7.26. The Labute approximate surface area is 166 Å². The number of morpholine rings is 1. The van der Waals surface area contributed by atoms with Crippen molar-refractivity contribution in [2.45, 2.75) is 19.6 Å². The maximum Gasteiger partial charge on any atom is 0.265 e. The zero-order valence-electron chi connectivity index (χ0n) is 15.1. The van der Waals surface area contributed by atoms with E-state index in [9.17, 15) is 9.18 Å². The third kappa shape index (κ3) is 5.76. The number of anilines is 1. The summed E-state index contributed by atoms with van der Waals surface area (Å²) >= 11 is 3.23. The Bertz CT molecular complexity index is 779. The van der Waals surface area contributed by atoms with Crippen LogP contribution in [0.5, 0.6) is 5.75 Å². The summed E-state index contributed by atoms with van der Waals surface area (Å²) in [7, 11) is 0. The number of hydrogen-bond donors (Lipinski definition) is 1. The number of ether oxygens (including phenoxy) is 2. The SMILES string of the molecule is CC(Oc1ccc(F)cc1Br)C(=O)Nc1ccc(CN2CCOCC2)cc1. The molecule has 2 aromatic carbocycles. The van der Waals surface area contributed by atoms with E-state index in [2.05, 4.69) is 26.1 Å². The maximum atomic E-state index is 13.1. The van der Waals surface area contributed by atoms with Gasteiger partial charge in [-0.2, -0.15) is 0 Å². The van der Waals surface area contributed by atoms with Gasteiger partial charge in [0.1, 0.15) is 11.6 Å². The van der Waals surface area contributed by atoms with Gasteiger partial charge in [0.25, 0.3) is 5.91 Å². The van der Waals surface area contributed by atoms with E-state index in [1.807, 2.05) is 24.3 Å². The zero-order chi connectivity index (χ0) is 19.2. The molecule has 0 saturated carbocycles. The van der Waals surface area contributed by atoms with Crippen molar-refractivity contribution in [2.24, 2.45) is 0 Å². The highest BCUT2D eigenvalue weighted by Crippen LogP contribution is 2.26. The van der Waals surface area contributed by atoms with Crippen molar-refractivity contribution in [1.29, 1.82) is 0 Å². The predicted octanol–water partition coefficient (Wildman–Crippen LogP) is 3.83. The van der Waals surface area contributed by atoms with Crippen LogP contribution < -0.4 is 10.1 Å². The predicted molar refractivity (Wildman–Crippen MR) is 105 cm³/mol. The van der Waals surface area contributed by atoms with Crippen LogP contribution in [0.15, 0.2) is 46.9 Å². The average Bonchev–Trinajstić information content (AvgIpc) is 2.66. The van der Waals surface area contributed by atoms with Gasteiger partial charge in [0.2, 0.25) is 0 Å². The maximum absolute atomic E-state index is 13.1. The van der Waals surface area contributed by atoms with Crippen LogP contribution >= 0.6 is 15.9 Å². The minimum atomic E-state index is -0.722. The molecule has 1 N–H and O–H groups in total. The molecule has 0 spiro atoms. The third-order valence-corrected chi connectivity index (χ3v) is 4.92. The first-order valence-corrected chi connectivity index (χ1v) is 9.62. The van der Waals surface area contributed by atoms with Crippen molar-refractivity contribution in [3.63, 3.8) is 0 Å². The molecule has 7 heteroatoms. The molecule has 1 unspecified atom stereocenters. The minimum absolute atomic E-state index is 0.271. The van der Waals surface area contributed by atoms with Crippen molar-refractivity contribution in [1.82, 2.24) is 4.90 Å². The van der Waals surface area contributed by atoms with Gasteiger partial charge in [-0.1, -0.05) is 12.1 Å². The van der Waals surface area contributed by atoms with Gasteiger partial charge in [-0.25, -0.2) is 4.39 Å². The second kappa shape index (κ2) is 9.30. The van der Waals surface area contributed by atoms with Crippen LogP contribution in [0.25, 0.3) is 0 Å². The molecule has 0 aromatic heterocycles. The second-order valence-electron chi connectivity index (χ2n) is 6.41. The molecule has 1 fully saturated rings. The molecule has 2 aromatic rings. The van der Waals surface area contributed by atoms with Crippen molar-refractivity contribution < 1.29 is 18.7 Å². The van der Waals surface area contributed by atoms with E-state index in [4.69, 9.17) is 9.47 Å². The number of halogens is 2. The van der Waals surface area contributed by atoms with Crippen LogP contribution in [0.1, 0.15) is 12.5 Å². The lowest BCUT2D eigenvalue weighted by Gasteiger charge is -2.26. The number of carbonyl (C=O) groups excluding carboxylic acids is 1. The molecule has 0 aliphatic carbocycles. The van der Waals surface area contributed by atoms with Crippen LogP contribution in [0.4, 0.5) is 10.1 Å². The summed E-state index contributed by atoms with van der Waals surface area (Å²) in [6.07, 6.45) is -0.722. The van der Waals surface area contributed by atoms with E-state index in [1.165, 1.54) is 23.8 Å². The van der Waals surface area contributed by atoms with Crippen molar-refractivity contribution in [3.8, 4) is 5.75 Å². The molecular formula is C20H22BrFN2O3. The number of nitrogens with zero attached hydrogens (tertiary/aromatic N) is 1. The van der Waals surface area contributed by atoms with E-state index in [1.54, 1.807) is 6.92 Å². The number of amides is 1. The fourth-order valence-corrected chi connectivity index (χ4v) is 3.21. The smallest absolute Gasteiger partial charge is 0.265 e. The van der Waals surface area contributed by atoms with Crippen molar-refractivity contribution >= 4 is 27.5 Å². The van der Waals surface area contributed by atoms with Gasteiger partial charge < -0.3 is 14.8 Å². The van der Waals surface area contributed by atoms with Gasteiger partial charge in [-0.3, -0.25) is 9.69 Å². The lowest BCUT2D eigenvalue weighted by Crippen LogP contribution is -2.35. The van der Waals surface area contributed by atoms with E-state index < -0.39 is 6.10 Å². The monoisotopic (exact) mass is 436 g/mol. The van der Waals surface area contributed by atoms with Gasteiger partial charge in [-0.05, 0) is 58.7 Å². The Morgan fingerprint density at radius 1 is 1.26 bits per heavy atom. The Hall–Kier alpha value is -1.96. The van der Waals surface area contributed by atoms with Gasteiger partial charge >= 0.3 is 0 Å². The Morgan fingerprint density at radius 3 is 2.63 bits per heavy atom. The largest absolute Gasteiger partial charge is 0.480 e. The molecule has 1 heterocycles. The summed E-state index contributed by atoms with van der Waals surface area (Å²) in [5, 5.41) is 2.84. The molecule has 144 valence electrons. The number of rotatable bonds is 6. The van der Waals surface area contributed by atoms with E-state index >= 15 is 0 Å². The summed E-state index contributed by atoms with van der Waals surface area (Å²) in [4.78, 5) is 14.7. The van der Waals surface area contributed by atoms with Crippen LogP contribution in [-0.2, 0) is 16.1 Å². The minimum Gasteiger partial charge on any atom is -0.480 e. The topological polar surface area (TPSA) is 50.8 Å². The normalized spacial score (nSPS) is 16.0. The van der Waals surface area contributed by atoms with Crippen molar-refractivity contribution in [3.05, 3.63) is 58.3 Å². The first-order valence-electron chi connectivity index (χ1n) is 8.83. The summed E-state index contributed by atoms with van der Waals surface area (Å²) in [6.45, 7) is 5.94. The Balaban J connectivity index is 1.53. The van der Waals surface area contributed by atoms with E-state index in [0.29, 0.717) is 15.9 Å². The van der Waals surface area contributed by atoms with Gasteiger partial charge in [0.15, 0.2) is 6.10 Å². The molecule has 3 rings (SSSR count). The lowest BCUT2D eigenvalue weighted by atomic mass is 10.2.